The maximum atomic E-state index is 12.4. The van der Waals surface area contributed by atoms with Crippen LogP contribution in [-0.2, 0) is 16.0 Å². The van der Waals surface area contributed by atoms with Crippen molar-refractivity contribution in [2.45, 2.75) is 45.4 Å². The van der Waals surface area contributed by atoms with Gasteiger partial charge in [0, 0.05) is 13.0 Å². The van der Waals surface area contributed by atoms with E-state index in [9.17, 15) is 9.59 Å². The molecule has 0 bridgehead atoms. The maximum absolute atomic E-state index is 12.4. The Labute approximate surface area is 158 Å². The Morgan fingerprint density at radius 2 is 1.96 bits per heavy atom. The van der Waals surface area contributed by atoms with Gasteiger partial charge in [-0.3, -0.25) is 14.5 Å². The van der Waals surface area contributed by atoms with Gasteiger partial charge in [-0.25, -0.2) is 0 Å². The van der Waals surface area contributed by atoms with Crippen LogP contribution in [0.5, 0.6) is 0 Å². The summed E-state index contributed by atoms with van der Waals surface area (Å²) >= 11 is 6.53. The molecule has 134 valence electrons. The number of amides is 1. The van der Waals surface area contributed by atoms with Crippen LogP contribution in [0.1, 0.15) is 50.2 Å². The van der Waals surface area contributed by atoms with Crippen molar-refractivity contribution in [3.63, 3.8) is 0 Å². The first kappa shape index (κ1) is 19.7. The number of aryl methyl sites for hydroxylation is 1. The van der Waals surface area contributed by atoms with Gasteiger partial charge in [0.25, 0.3) is 5.91 Å². The SMILES string of the molecule is CCCCCc1ccc(C=C2SC(=S)N(CCCC(=O)O)C2=O)cc1. The van der Waals surface area contributed by atoms with Gasteiger partial charge in [0.2, 0.25) is 0 Å². The third-order valence-electron chi connectivity index (χ3n) is 3.99. The molecule has 1 N–H and O–H groups in total. The zero-order chi connectivity index (χ0) is 18.2. The van der Waals surface area contributed by atoms with Crippen LogP contribution >= 0.6 is 24.0 Å². The molecule has 0 radical (unpaired) electrons. The summed E-state index contributed by atoms with van der Waals surface area (Å²) in [5.74, 6) is -0.993. The molecule has 1 saturated heterocycles. The van der Waals surface area contributed by atoms with Crippen molar-refractivity contribution in [3.8, 4) is 0 Å². The fraction of sp³-hybridized carbons (Fsp3) is 0.421. The largest absolute Gasteiger partial charge is 0.481 e. The number of hydrogen-bond donors (Lipinski definition) is 1. The van der Waals surface area contributed by atoms with Crippen LogP contribution in [0.4, 0.5) is 0 Å². The first-order valence-electron chi connectivity index (χ1n) is 8.57. The van der Waals surface area contributed by atoms with Crippen molar-refractivity contribution >= 4 is 46.3 Å². The predicted molar refractivity (Wildman–Crippen MR) is 106 cm³/mol. The molecule has 0 saturated carbocycles. The van der Waals surface area contributed by atoms with Gasteiger partial charge in [-0.05, 0) is 36.5 Å². The van der Waals surface area contributed by atoms with E-state index in [0.717, 1.165) is 12.0 Å². The third kappa shape index (κ3) is 5.97. The molecule has 1 aromatic rings. The van der Waals surface area contributed by atoms with Crippen LogP contribution in [0.2, 0.25) is 0 Å². The van der Waals surface area contributed by atoms with Crippen LogP contribution in [0.25, 0.3) is 6.08 Å². The quantitative estimate of drug-likeness (QED) is 0.390. The lowest BCUT2D eigenvalue weighted by Gasteiger charge is -2.13. The number of unbranched alkanes of at least 4 members (excludes halogenated alkanes) is 2. The van der Waals surface area contributed by atoms with E-state index in [0.29, 0.717) is 22.2 Å². The molecule has 1 aliphatic rings. The number of carbonyl (C=O) groups is 2. The highest BCUT2D eigenvalue weighted by molar-refractivity contribution is 8.26. The van der Waals surface area contributed by atoms with Gasteiger partial charge in [-0.1, -0.05) is 68.0 Å². The number of benzene rings is 1. The second-order valence-electron chi connectivity index (χ2n) is 6.03. The number of carbonyl (C=O) groups excluding carboxylic acids is 1. The highest BCUT2D eigenvalue weighted by Crippen LogP contribution is 2.32. The van der Waals surface area contributed by atoms with Gasteiger partial charge in [0.1, 0.15) is 4.32 Å². The number of aliphatic carboxylic acids is 1. The van der Waals surface area contributed by atoms with Crippen molar-refractivity contribution in [3.05, 3.63) is 40.3 Å². The minimum absolute atomic E-state index is 0.0373. The Balaban J connectivity index is 1.97. The number of carboxylic acids is 1. The summed E-state index contributed by atoms with van der Waals surface area (Å²) in [6.07, 6.45) is 7.03. The third-order valence-corrected chi connectivity index (χ3v) is 5.37. The summed E-state index contributed by atoms with van der Waals surface area (Å²) in [7, 11) is 0. The minimum atomic E-state index is -0.861. The highest BCUT2D eigenvalue weighted by Gasteiger charge is 2.31. The lowest BCUT2D eigenvalue weighted by Crippen LogP contribution is -2.29. The zero-order valence-corrected chi connectivity index (χ0v) is 16.0. The second-order valence-corrected chi connectivity index (χ2v) is 7.71. The molecule has 6 heteroatoms. The fourth-order valence-electron chi connectivity index (χ4n) is 2.59. The second kappa shape index (κ2) is 9.73. The number of carboxylic acid groups (broad SMARTS) is 1. The van der Waals surface area contributed by atoms with Crippen LogP contribution in [0.3, 0.4) is 0 Å². The number of thiocarbonyl (C=S) groups is 1. The normalized spacial score (nSPS) is 16.0. The van der Waals surface area contributed by atoms with Gasteiger partial charge in [-0.2, -0.15) is 0 Å². The summed E-state index contributed by atoms with van der Waals surface area (Å²) in [5.41, 5.74) is 2.29. The minimum Gasteiger partial charge on any atom is -0.481 e. The lowest BCUT2D eigenvalue weighted by atomic mass is 10.1. The summed E-state index contributed by atoms with van der Waals surface area (Å²) < 4.78 is 0.498. The molecule has 0 aliphatic carbocycles. The van der Waals surface area contributed by atoms with E-state index in [-0.39, 0.29) is 12.3 Å². The smallest absolute Gasteiger partial charge is 0.303 e. The van der Waals surface area contributed by atoms with Crippen LogP contribution in [-0.4, -0.2) is 32.7 Å². The maximum Gasteiger partial charge on any atom is 0.303 e. The first-order valence-corrected chi connectivity index (χ1v) is 9.80. The Kier molecular flexibility index (Phi) is 7.65. The van der Waals surface area contributed by atoms with Crippen molar-refractivity contribution in [2.24, 2.45) is 0 Å². The van der Waals surface area contributed by atoms with Crippen molar-refractivity contribution in [2.75, 3.05) is 6.54 Å². The van der Waals surface area contributed by atoms with E-state index in [4.69, 9.17) is 17.3 Å². The Morgan fingerprint density at radius 3 is 2.60 bits per heavy atom. The summed E-state index contributed by atoms with van der Waals surface area (Å²) in [6.45, 7) is 2.55. The van der Waals surface area contributed by atoms with E-state index in [1.54, 1.807) is 0 Å². The fourth-order valence-corrected chi connectivity index (χ4v) is 3.90. The number of thioether (sulfide) groups is 1. The Hall–Kier alpha value is -1.66. The van der Waals surface area contributed by atoms with E-state index < -0.39 is 5.97 Å². The van der Waals surface area contributed by atoms with Crippen LogP contribution in [0.15, 0.2) is 29.2 Å². The van der Waals surface area contributed by atoms with Crippen molar-refractivity contribution < 1.29 is 14.7 Å². The van der Waals surface area contributed by atoms with Gasteiger partial charge in [0.15, 0.2) is 0 Å². The summed E-state index contributed by atoms with van der Waals surface area (Å²) in [4.78, 5) is 25.1. The lowest BCUT2D eigenvalue weighted by molar-refractivity contribution is -0.137. The van der Waals surface area contributed by atoms with Crippen molar-refractivity contribution in [1.82, 2.24) is 4.90 Å². The monoisotopic (exact) mass is 377 g/mol. The van der Waals surface area contributed by atoms with E-state index in [1.807, 2.05) is 18.2 Å². The molecule has 1 amide bonds. The predicted octanol–water partition coefficient (Wildman–Crippen LogP) is 4.49. The van der Waals surface area contributed by atoms with E-state index >= 15 is 0 Å². The Bertz CT molecular complexity index is 668. The highest BCUT2D eigenvalue weighted by atomic mass is 32.2. The molecular weight excluding hydrogens is 354 g/mol. The number of rotatable bonds is 9. The average Bonchev–Trinajstić information content (AvgIpc) is 2.84. The zero-order valence-electron chi connectivity index (χ0n) is 14.4. The van der Waals surface area contributed by atoms with Crippen LogP contribution in [0, 0.1) is 0 Å². The van der Waals surface area contributed by atoms with Crippen molar-refractivity contribution in [1.29, 1.82) is 0 Å². The molecule has 25 heavy (non-hydrogen) atoms. The topological polar surface area (TPSA) is 57.6 Å². The van der Waals surface area contributed by atoms with Gasteiger partial charge >= 0.3 is 5.97 Å². The van der Waals surface area contributed by atoms with Gasteiger partial charge in [0.05, 0.1) is 4.91 Å². The summed E-state index contributed by atoms with van der Waals surface area (Å²) in [5, 5.41) is 8.70. The first-order chi connectivity index (χ1) is 12.0. The molecule has 0 spiro atoms. The summed E-state index contributed by atoms with van der Waals surface area (Å²) in [6, 6.07) is 8.26. The standard InChI is InChI=1S/C19H23NO3S2/c1-2-3-4-6-14-8-10-15(11-9-14)13-16-18(23)20(19(24)25-16)12-5-7-17(21)22/h8-11,13H,2-7,12H2,1H3,(H,21,22). The molecule has 1 heterocycles. The van der Waals surface area contributed by atoms with Crippen LogP contribution < -0.4 is 0 Å². The molecule has 1 fully saturated rings. The molecule has 4 nitrogen and oxygen atoms in total. The van der Waals surface area contributed by atoms with Gasteiger partial charge < -0.3 is 5.11 Å². The van der Waals surface area contributed by atoms with E-state index in [1.165, 1.54) is 41.5 Å². The Morgan fingerprint density at radius 1 is 1.24 bits per heavy atom. The van der Waals surface area contributed by atoms with Gasteiger partial charge in [-0.15, -0.1) is 0 Å². The molecule has 0 unspecified atom stereocenters. The molecule has 2 rings (SSSR count). The average molecular weight is 378 g/mol. The van der Waals surface area contributed by atoms with E-state index in [2.05, 4.69) is 19.1 Å². The molecule has 1 aromatic carbocycles. The molecule has 0 atom stereocenters. The number of hydrogen-bond acceptors (Lipinski definition) is 4. The number of nitrogens with zero attached hydrogens (tertiary/aromatic N) is 1. The molecule has 1 aliphatic heterocycles. The molecule has 0 aromatic heterocycles. The molecular formula is C19H23NO3S2.